The van der Waals surface area contributed by atoms with Crippen molar-refractivity contribution >= 4 is 11.7 Å². The standard InChI is InChI=1S/C14H15N3O/c1-2-12-8-9-13(17-16-12)15-14(18)10-11-6-4-3-5-7-11/h3-9H,2,10H2,1H3,(H,15,17,18). The highest BCUT2D eigenvalue weighted by atomic mass is 16.1. The van der Waals surface area contributed by atoms with Gasteiger partial charge in [-0.05, 0) is 24.1 Å². The van der Waals surface area contributed by atoms with Gasteiger partial charge in [-0.15, -0.1) is 5.10 Å². The molecule has 0 spiro atoms. The van der Waals surface area contributed by atoms with Crippen LogP contribution in [0.25, 0.3) is 0 Å². The zero-order chi connectivity index (χ0) is 12.8. The van der Waals surface area contributed by atoms with Crippen molar-refractivity contribution in [2.75, 3.05) is 5.32 Å². The first kappa shape index (κ1) is 12.2. The van der Waals surface area contributed by atoms with E-state index in [1.54, 1.807) is 6.07 Å². The van der Waals surface area contributed by atoms with Crippen LogP contribution in [0.4, 0.5) is 5.82 Å². The molecule has 1 heterocycles. The second kappa shape index (κ2) is 5.91. The highest BCUT2D eigenvalue weighted by Crippen LogP contribution is 2.05. The zero-order valence-corrected chi connectivity index (χ0v) is 10.3. The van der Waals surface area contributed by atoms with E-state index in [2.05, 4.69) is 15.5 Å². The van der Waals surface area contributed by atoms with Crippen LogP contribution >= 0.6 is 0 Å². The van der Waals surface area contributed by atoms with Crippen molar-refractivity contribution in [2.24, 2.45) is 0 Å². The zero-order valence-electron chi connectivity index (χ0n) is 10.3. The third kappa shape index (κ3) is 3.38. The molecular formula is C14H15N3O. The molecule has 0 bridgehead atoms. The van der Waals surface area contributed by atoms with E-state index in [1.807, 2.05) is 43.3 Å². The van der Waals surface area contributed by atoms with Gasteiger partial charge in [0.05, 0.1) is 12.1 Å². The van der Waals surface area contributed by atoms with Crippen LogP contribution in [-0.4, -0.2) is 16.1 Å². The van der Waals surface area contributed by atoms with Gasteiger partial charge in [-0.3, -0.25) is 4.79 Å². The number of carbonyl (C=O) groups excluding carboxylic acids is 1. The van der Waals surface area contributed by atoms with E-state index in [0.717, 1.165) is 17.7 Å². The van der Waals surface area contributed by atoms with E-state index in [-0.39, 0.29) is 5.91 Å². The average molecular weight is 241 g/mol. The average Bonchev–Trinajstić information content (AvgIpc) is 2.40. The quantitative estimate of drug-likeness (QED) is 0.893. The van der Waals surface area contributed by atoms with Crippen molar-refractivity contribution in [1.82, 2.24) is 10.2 Å². The van der Waals surface area contributed by atoms with Gasteiger partial charge in [0.15, 0.2) is 5.82 Å². The molecule has 0 fully saturated rings. The third-order valence-corrected chi connectivity index (χ3v) is 2.56. The van der Waals surface area contributed by atoms with Crippen LogP contribution in [0.3, 0.4) is 0 Å². The number of anilines is 1. The van der Waals surface area contributed by atoms with Crippen LogP contribution in [0.2, 0.25) is 0 Å². The molecule has 0 atom stereocenters. The van der Waals surface area contributed by atoms with E-state index < -0.39 is 0 Å². The number of rotatable bonds is 4. The van der Waals surface area contributed by atoms with Gasteiger partial charge in [-0.2, -0.15) is 5.10 Å². The highest BCUT2D eigenvalue weighted by Gasteiger charge is 2.04. The molecule has 0 unspecified atom stereocenters. The number of amides is 1. The summed E-state index contributed by atoms with van der Waals surface area (Å²) in [5.74, 6) is 0.410. The van der Waals surface area contributed by atoms with Gasteiger partial charge in [0.1, 0.15) is 0 Å². The molecule has 0 aliphatic heterocycles. The molecule has 92 valence electrons. The van der Waals surface area contributed by atoms with Crippen LogP contribution < -0.4 is 5.32 Å². The molecule has 2 aromatic rings. The van der Waals surface area contributed by atoms with Gasteiger partial charge >= 0.3 is 0 Å². The Bertz CT molecular complexity index is 508. The summed E-state index contributed by atoms with van der Waals surface area (Å²) in [6, 6.07) is 13.2. The van der Waals surface area contributed by atoms with E-state index >= 15 is 0 Å². The minimum atomic E-state index is -0.0836. The fourth-order valence-electron chi connectivity index (χ4n) is 1.58. The van der Waals surface area contributed by atoms with Gasteiger partial charge in [0, 0.05) is 0 Å². The SMILES string of the molecule is CCc1ccc(NC(=O)Cc2ccccc2)nn1. The van der Waals surface area contributed by atoms with Crippen molar-refractivity contribution in [3.63, 3.8) is 0 Å². The van der Waals surface area contributed by atoms with Gasteiger partial charge < -0.3 is 5.32 Å². The number of aromatic nitrogens is 2. The molecule has 0 aliphatic rings. The fraction of sp³-hybridized carbons (Fsp3) is 0.214. The first-order valence-electron chi connectivity index (χ1n) is 5.94. The predicted octanol–water partition coefficient (Wildman–Crippen LogP) is 2.22. The van der Waals surface area contributed by atoms with Gasteiger partial charge in [0.25, 0.3) is 0 Å². The maximum atomic E-state index is 11.8. The Morgan fingerprint density at radius 3 is 2.50 bits per heavy atom. The lowest BCUT2D eigenvalue weighted by atomic mass is 10.1. The van der Waals surface area contributed by atoms with Crippen molar-refractivity contribution < 1.29 is 4.79 Å². The Hall–Kier alpha value is -2.23. The third-order valence-electron chi connectivity index (χ3n) is 2.56. The lowest BCUT2D eigenvalue weighted by molar-refractivity contribution is -0.115. The molecule has 2 rings (SSSR count). The van der Waals surface area contributed by atoms with Gasteiger partial charge in [-0.1, -0.05) is 37.3 Å². The molecular weight excluding hydrogens is 226 g/mol. The second-order valence-electron chi connectivity index (χ2n) is 3.97. The van der Waals surface area contributed by atoms with Gasteiger partial charge in [-0.25, -0.2) is 0 Å². The van der Waals surface area contributed by atoms with Crippen molar-refractivity contribution in [3.8, 4) is 0 Å². The number of nitrogens with zero attached hydrogens (tertiary/aromatic N) is 2. The highest BCUT2D eigenvalue weighted by molar-refractivity contribution is 5.91. The molecule has 0 aliphatic carbocycles. The lowest BCUT2D eigenvalue weighted by Crippen LogP contribution is -2.15. The number of nitrogens with one attached hydrogen (secondary N) is 1. The number of carbonyl (C=O) groups is 1. The lowest BCUT2D eigenvalue weighted by Gasteiger charge is -2.04. The molecule has 18 heavy (non-hydrogen) atoms. The Labute approximate surface area is 106 Å². The molecule has 0 saturated carbocycles. The molecule has 0 radical (unpaired) electrons. The number of aryl methyl sites for hydroxylation is 1. The van der Waals surface area contributed by atoms with Crippen LogP contribution in [-0.2, 0) is 17.6 Å². The Morgan fingerprint density at radius 1 is 1.11 bits per heavy atom. The number of hydrogen-bond donors (Lipinski definition) is 1. The first-order valence-corrected chi connectivity index (χ1v) is 5.94. The Balaban J connectivity index is 1.94. The molecule has 1 N–H and O–H groups in total. The Kier molecular flexibility index (Phi) is 4.02. The van der Waals surface area contributed by atoms with Crippen LogP contribution in [0, 0.1) is 0 Å². The number of hydrogen-bond acceptors (Lipinski definition) is 3. The second-order valence-corrected chi connectivity index (χ2v) is 3.97. The minimum absolute atomic E-state index is 0.0836. The number of benzene rings is 1. The topological polar surface area (TPSA) is 54.9 Å². The molecule has 1 amide bonds. The molecule has 4 nitrogen and oxygen atoms in total. The molecule has 4 heteroatoms. The maximum Gasteiger partial charge on any atom is 0.229 e. The van der Waals surface area contributed by atoms with Crippen molar-refractivity contribution in [1.29, 1.82) is 0 Å². The fourth-order valence-corrected chi connectivity index (χ4v) is 1.58. The smallest absolute Gasteiger partial charge is 0.229 e. The minimum Gasteiger partial charge on any atom is -0.309 e. The predicted molar refractivity (Wildman–Crippen MR) is 70.2 cm³/mol. The summed E-state index contributed by atoms with van der Waals surface area (Å²) in [6.45, 7) is 2.01. The van der Waals surface area contributed by atoms with Crippen molar-refractivity contribution in [3.05, 3.63) is 53.7 Å². The van der Waals surface area contributed by atoms with Crippen LogP contribution in [0.5, 0.6) is 0 Å². The summed E-state index contributed by atoms with van der Waals surface area (Å²) in [7, 11) is 0. The van der Waals surface area contributed by atoms with Crippen LogP contribution in [0.15, 0.2) is 42.5 Å². The molecule has 1 aromatic heterocycles. The van der Waals surface area contributed by atoms with Gasteiger partial charge in [0.2, 0.25) is 5.91 Å². The summed E-state index contributed by atoms with van der Waals surface area (Å²) >= 11 is 0. The largest absolute Gasteiger partial charge is 0.309 e. The maximum absolute atomic E-state index is 11.8. The Morgan fingerprint density at radius 2 is 1.89 bits per heavy atom. The summed E-state index contributed by atoms with van der Waals surface area (Å²) in [6.07, 6.45) is 1.18. The monoisotopic (exact) mass is 241 g/mol. The summed E-state index contributed by atoms with van der Waals surface area (Å²) < 4.78 is 0. The molecule has 0 saturated heterocycles. The summed E-state index contributed by atoms with van der Waals surface area (Å²) in [4.78, 5) is 11.8. The molecule has 1 aromatic carbocycles. The normalized spacial score (nSPS) is 10.1. The van der Waals surface area contributed by atoms with E-state index in [1.165, 1.54) is 0 Å². The van der Waals surface area contributed by atoms with Crippen LogP contribution in [0.1, 0.15) is 18.2 Å². The summed E-state index contributed by atoms with van der Waals surface area (Å²) in [5.41, 5.74) is 1.89. The van der Waals surface area contributed by atoms with Crippen molar-refractivity contribution in [2.45, 2.75) is 19.8 Å². The van der Waals surface area contributed by atoms with E-state index in [0.29, 0.717) is 12.2 Å². The first-order chi connectivity index (χ1) is 8.78. The van der Waals surface area contributed by atoms with E-state index in [9.17, 15) is 4.79 Å². The summed E-state index contributed by atoms with van der Waals surface area (Å²) in [5, 5.41) is 10.7. The van der Waals surface area contributed by atoms with E-state index in [4.69, 9.17) is 0 Å².